The van der Waals surface area contributed by atoms with E-state index >= 15 is 0 Å². The maximum absolute atomic E-state index is 13.3. The van der Waals surface area contributed by atoms with Crippen LogP contribution in [0.25, 0.3) is 0 Å². The highest BCUT2D eigenvalue weighted by molar-refractivity contribution is 5.56. The fourth-order valence-corrected chi connectivity index (χ4v) is 1.70. The number of nitrogens with two attached hydrogens (primary N) is 1. The number of nitriles is 1. The Morgan fingerprint density at radius 3 is 2.50 bits per heavy atom. The molecule has 0 aliphatic rings. The SMILES string of the molecule is COc1cc(C#N)cc(Oc2cc(C)c(F)cc2N)c1. The van der Waals surface area contributed by atoms with Crippen LogP contribution in [0.5, 0.6) is 17.2 Å². The van der Waals surface area contributed by atoms with Crippen LogP contribution in [0.15, 0.2) is 30.3 Å². The molecule has 5 heteroatoms. The zero-order valence-electron chi connectivity index (χ0n) is 11.1. The third kappa shape index (κ3) is 2.81. The van der Waals surface area contributed by atoms with Crippen molar-refractivity contribution in [2.75, 3.05) is 12.8 Å². The second-order valence-electron chi connectivity index (χ2n) is 4.25. The van der Waals surface area contributed by atoms with Crippen LogP contribution in [0.2, 0.25) is 0 Å². The molecule has 2 aromatic rings. The number of methoxy groups -OCH3 is 1. The summed E-state index contributed by atoms with van der Waals surface area (Å²) in [6.07, 6.45) is 0. The van der Waals surface area contributed by atoms with Gasteiger partial charge in [0.25, 0.3) is 0 Å². The van der Waals surface area contributed by atoms with E-state index in [9.17, 15) is 4.39 Å². The highest BCUT2D eigenvalue weighted by Crippen LogP contribution is 2.32. The van der Waals surface area contributed by atoms with E-state index in [1.807, 2.05) is 6.07 Å². The number of nitrogen functional groups attached to an aromatic ring is 1. The normalized spacial score (nSPS) is 9.90. The molecule has 2 aromatic carbocycles. The van der Waals surface area contributed by atoms with E-state index in [0.717, 1.165) is 0 Å². The van der Waals surface area contributed by atoms with Crippen LogP contribution in [-0.2, 0) is 0 Å². The van der Waals surface area contributed by atoms with Crippen molar-refractivity contribution < 1.29 is 13.9 Å². The van der Waals surface area contributed by atoms with Crippen LogP contribution >= 0.6 is 0 Å². The Balaban J connectivity index is 2.40. The lowest BCUT2D eigenvalue weighted by atomic mass is 10.2. The molecule has 0 fully saturated rings. The zero-order valence-corrected chi connectivity index (χ0v) is 11.1. The smallest absolute Gasteiger partial charge is 0.150 e. The molecule has 0 aromatic heterocycles. The lowest BCUT2D eigenvalue weighted by Crippen LogP contribution is -1.96. The number of aryl methyl sites for hydroxylation is 1. The van der Waals surface area contributed by atoms with Crippen molar-refractivity contribution in [2.45, 2.75) is 6.92 Å². The van der Waals surface area contributed by atoms with Gasteiger partial charge in [0.15, 0.2) is 5.75 Å². The molecular formula is C15H13FN2O2. The predicted molar refractivity (Wildman–Crippen MR) is 73.3 cm³/mol. The third-order valence-corrected chi connectivity index (χ3v) is 2.76. The van der Waals surface area contributed by atoms with Gasteiger partial charge in [-0.1, -0.05) is 0 Å². The Hall–Kier alpha value is -2.74. The molecule has 0 radical (unpaired) electrons. The largest absolute Gasteiger partial charge is 0.497 e. The average Bonchev–Trinajstić information content (AvgIpc) is 2.44. The number of nitrogens with zero attached hydrogens (tertiary/aromatic N) is 1. The molecule has 0 unspecified atom stereocenters. The standard InChI is InChI=1S/C15H13FN2O2/c1-9-3-15(14(18)7-13(9)16)20-12-5-10(8-17)4-11(6-12)19-2/h3-7H,18H2,1-2H3. The van der Waals surface area contributed by atoms with Gasteiger partial charge in [-0.25, -0.2) is 4.39 Å². The molecule has 0 atom stereocenters. The minimum Gasteiger partial charge on any atom is -0.497 e. The van der Waals surface area contributed by atoms with E-state index in [1.165, 1.54) is 19.2 Å². The number of hydrogen-bond acceptors (Lipinski definition) is 4. The second-order valence-corrected chi connectivity index (χ2v) is 4.25. The van der Waals surface area contributed by atoms with Gasteiger partial charge < -0.3 is 15.2 Å². The molecule has 0 amide bonds. The molecule has 0 aliphatic heterocycles. The van der Waals surface area contributed by atoms with Gasteiger partial charge in [-0.15, -0.1) is 0 Å². The summed E-state index contributed by atoms with van der Waals surface area (Å²) >= 11 is 0. The van der Waals surface area contributed by atoms with Crippen molar-refractivity contribution in [1.82, 2.24) is 0 Å². The second kappa shape index (κ2) is 5.49. The summed E-state index contributed by atoms with van der Waals surface area (Å²) in [5, 5.41) is 8.95. The summed E-state index contributed by atoms with van der Waals surface area (Å²) in [6.45, 7) is 1.62. The summed E-state index contributed by atoms with van der Waals surface area (Å²) < 4.78 is 24.0. The van der Waals surface area contributed by atoms with Gasteiger partial charge in [0.1, 0.15) is 17.3 Å². The highest BCUT2D eigenvalue weighted by Gasteiger charge is 2.09. The highest BCUT2D eigenvalue weighted by atomic mass is 19.1. The van der Waals surface area contributed by atoms with Gasteiger partial charge in [0.2, 0.25) is 0 Å². The number of ether oxygens (including phenoxy) is 2. The van der Waals surface area contributed by atoms with Crippen LogP contribution in [0.3, 0.4) is 0 Å². The molecule has 102 valence electrons. The first-order valence-corrected chi connectivity index (χ1v) is 5.86. The third-order valence-electron chi connectivity index (χ3n) is 2.76. The minimum atomic E-state index is -0.391. The molecular weight excluding hydrogens is 259 g/mol. The van der Waals surface area contributed by atoms with Crippen molar-refractivity contribution in [2.24, 2.45) is 0 Å². The number of rotatable bonds is 3. The maximum Gasteiger partial charge on any atom is 0.150 e. The van der Waals surface area contributed by atoms with E-state index in [2.05, 4.69) is 0 Å². The number of halogens is 1. The Bertz CT molecular complexity index is 693. The summed E-state index contributed by atoms with van der Waals surface area (Å²) in [4.78, 5) is 0. The quantitative estimate of drug-likeness (QED) is 0.869. The Kier molecular flexibility index (Phi) is 3.76. The Morgan fingerprint density at radius 1 is 1.15 bits per heavy atom. The van der Waals surface area contributed by atoms with Gasteiger partial charge in [-0.2, -0.15) is 5.26 Å². The minimum absolute atomic E-state index is 0.189. The summed E-state index contributed by atoms with van der Waals surface area (Å²) in [5.41, 5.74) is 6.74. The number of hydrogen-bond donors (Lipinski definition) is 1. The molecule has 20 heavy (non-hydrogen) atoms. The van der Waals surface area contributed by atoms with Crippen LogP contribution in [0.4, 0.5) is 10.1 Å². The van der Waals surface area contributed by atoms with Crippen molar-refractivity contribution in [3.63, 3.8) is 0 Å². The van der Waals surface area contributed by atoms with Crippen molar-refractivity contribution in [3.05, 3.63) is 47.3 Å². The van der Waals surface area contributed by atoms with E-state index < -0.39 is 5.82 Å². The monoisotopic (exact) mass is 272 g/mol. The summed E-state index contributed by atoms with van der Waals surface area (Å²) in [5.74, 6) is 0.842. The molecule has 2 rings (SSSR count). The summed E-state index contributed by atoms with van der Waals surface area (Å²) in [6, 6.07) is 9.50. The topological polar surface area (TPSA) is 68.3 Å². The Morgan fingerprint density at radius 2 is 1.85 bits per heavy atom. The summed E-state index contributed by atoms with van der Waals surface area (Å²) in [7, 11) is 1.50. The van der Waals surface area contributed by atoms with Crippen molar-refractivity contribution in [1.29, 1.82) is 5.26 Å². The van der Waals surface area contributed by atoms with Gasteiger partial charge >= 0.3 is 0 Å². The van der Waals surface area contributed by atoms with Crippen LogP contribution in [0, 0.1) is 24.1 Å². The first kappa shape index (κ1) is 13.7. The molecule has 0 bridgehead atoms. The van der Waals surface area contributed by atoms with Gasteiger partial charge in [0, 0.05) is 12.1 Å². The first-order chi connectivity index (χ1) is 9.53. The van der Waals surface area contributed by atoms with E-state index in [-0.39, 0.29) is 5.69 Å². The van der Waals surface area contributed by atoms with E-state index in [1.54, 1.807) is 25.1 Å². The van der Waals surface area contributed by atoms with Gasteiger partial charge in [-0.05, 0) is 30.7 Å². The molecule has 2 N–H and O–H groups in total. The average molecular weight is 272 g/mol. The lowest BCUT2D eigenvalue weighted by molar-refractivity contribution is 0.409. The van der Waals surface area contributed by atoms with Crippen LogP contribution in [-0.4, -0.2) is 7.11 Å². The van der Waals surface area contributed by atoms with Gasteiger partial charge in [0.05, 0.1) is 24.4 Å². The van der Waals surface area contributed by atoms with Crippen LogP contribution in [0.1, 0.15) is 11.1 Å². The Labute approximate surface area is 116 Å². The number of anilines is 1. The molecule has 0 saturated carbocycles. The van der Waals surface area contributed by atoms with Crippen molar-refractivity contribution in [3.8, 4) is 23.3 Å². The van der Waals surface area contributed by atoms with E-state index in [4.69, 9.17) is 20.5 Å². The zero-order chi connectivity index (χ0) is 14.7. The lowest BCUT2D eigenvalue weighted by Gasteiger charge is -2.11. The molecule has 4 nitrogen and oxygen atoms in total. The van der Waals surface area contributed by atoms with Crippen molar-refractivity contribution >= 4 is 5.69 Å². The number of benzene rings is 2. The molecule has 0 heterocycles. The fourth-order valence-electron chi connectivity index (χ4n) is 1.70. The van der Waals surface area contributed by atoms with Crippen LogP contribution < -0.4 is 15.2 Å². The first-order valence-electron chi connectivity index (χ1n) is 5.86. The predicted octanol–water partition coefficient (Wildman–Crippen LogP) is 3.39. The maximum atomic E-state index is 13.3. The molecule has 0 spiro atoms. The van der Waals surface area contributed by atoms with Gasteiger partial charge in [-0.3, -0.25) is 0 Å². The fraction of sp³-hybridized carbons (Fsp3) is 0.133. The van der Waals surface area contributed by atoms with E-state index in [0.29, 0.717) is 28.4 Å². The molecule has 0 saturated heterocycles. The molecule has 0 aliphatic carbocycles.